The number of fused-ring (bicyclic) bond motifs is 3. The molecule has 0 radical (unpaired) electrons. The van der Waals surface area contributed by atoms with Crippen LogP contribution in [0.2, 0.25) is 0 Å². The second kappa shape index (κ2) is 2.71. The Kier molecular flexibility index (Phi) is 1.51. The first kappa shape index (κ1) is 7.80. The Hall–Kier alpha value is -1.57. The van der Waals surface area contributed by atoms with Crippen LogP contribution in [-0.4, -0.2) is 0 Å². The van der Waals surface area contributed by atoms with Gasteiger partial charge in [0.2, 0.25) is 0 Å². The minimum atomic E-state index is -0.159. The Morgan fingerprint density at radius 1 is 1.14 bits per heavy atom. The van der Waals surface area contributed by atoms with Crippen molar-refractivity contribution < 1.29 is 9.13 Å². The number of rotatable bonds is 0. The number of hydrogen-bond acceptors (Lipinski definition) is 1. The van der Waals surface area contributed by atoms with Crippen molar-refractivity contribution in [2.75, 3.05) is 0 Å². The number of allylic oxidation sites excluding steroid dienone is 8. The predicted molar refractivity (Wildman–Crippen MR) is 51.7 cm³/mol. The van der Waals surface area contributed by atoms with Crippen LogP contribution >= 0.6 is 0 Å². The predicted octanol–water partition coefficient (Wildman–Crippen LogP) is 3.01. The van der Waals surface area contributed by atoms with Crippen LogP contribution in [-0.2, 0) is 4.74 Å². The van der Waals surface area contributed by atoms with Gasteiger partial charge in [0.25, 0.3) is 0 Å². The van der Waals surface area contributed by atoms with Gasteiger partial charge >= 0.3 is 0 Å². The summed E-state index contributed by atoms with van der Waals surface area (Å²) >= 11 is 0. The second-order valence-electron chi connectivity index (χ2n) is 3.62. The SMILES string of the molecule is FC1=C[C@H]2C(=CC=C3OC=C[C@@H]32)C=C1. The third-order valence-electron chi connectivity index (χ3n) is 2.80. The van der Waals surface area contributed by atoms with Gasteiger partial charge in [0.05, 0.1) is 6.26 Å². The molecule has 2 heteroatoms. The lowest BCUT2D eigenvalue weighted by Gasteiger charge is -2.25. The topological polar surface area (TPSA) is 9.23 Å². The summed E-state index contributed by atoms with van der Waals surface area (Å²) in [6, 6.07) is 0. The minimum absolute atomic E-state index is 0.110. The Bertz CT molecular complexity index is 424. The maximum atomic E-state index is 13.1. The van der Waals surface area contributed by atoms with Gasteiger partial charge in [-0.15, -0.1) is 0 Å². The van der Waals surface area contributed by atoms with Crippen LogP contribution in [0.15, 0.2) is 59.9 Å². The summed E-state index contributed by atoms with van der Waals surface area (Å²) < 4.78 is 18.4. The van der Waals surface area contributed by atoms with Crippen molar-refractivity contribution >= 4 is 0 Å². The fraction of sp³-hybridized carbons (Fsp3) is 0.167. The first-order valence-corrected chi connectivity index (χ1v) is 4.65. The molecular weight excluding hydrogens is 179 g/mol. The standard InChI is InChI=1S/C12H9FO/c13-9-3-1-8-2-4-12-10(5-6-14-12)11(8)7-9/h1-7,10-11H/t10-,11+/m1/s1. The van der Waals surface area contributed by atoms with E-state index in [0.29, 0.717) is 0 Å². The van der Waals surface area contributed by atoms with Gasteiger partial charge in [-0.3, -0.25) is 0 Å². The quantitative estimate of drug-likeness (QED) is 0.567. The van der Waals surface area contributed by atoms with Crippen molar-refractivity contribution in [3.63, 3.8) is 0 Å². The third-order valence-corrected chi connectivity index (χ3v) is 2.80. The van der Waals surface area contributed by atoms with Crippen molar-refractivity contribution in [3.8, 4) is 0 Å². The largest absolute Gasteiger partial charge is 0.469 e. The van der Waals surface area contributed by atoms with Crippen molar-refractivity contribution in [3.05, 3.63) is 59.9 Å². The lowest BCUT2D eigenvalue weighted by atomic mass is 9.79. The Morgan fingerprint density at radius 2 is 2.07 bits per heavy atom. The smallest absolute Gasteiger partial charge is 0.119 e. The average molecular weight is 188 g/mol. The normalized spacial score (nSPS) is 32.5. The molecular formula is C12H9FO. The van der Waals surface area contributed by atoms with Crippen molar-refractivity contribution in [2.24, 2.45) is 11.8 Å². The lowest BCUT2D eigenvalue weighted by molar-refractivity contribution is 0.326. The molecule has 0 unspecified atom stereocenters. The van der Waals surface area contributed by atoms with Crippen molar-refractivity contribution in [2.45, 2.75) is 0 Å². The van der Waals surface area contributed by atoms with E-state index in [-0.39, 0.29) is 17.7 Å². The van der Waals surface area contributed by atoms with Crippen molar-refractivity contribution in [1.82, 2.24) is 0 Å². The third kappa shape index (κ3) is 1.00. The lowest BCUT2D eigenvalue weighted by Crippen LogP contribution is -2.17. The van der Waals surface area contributed by atoms with Gasteiger partial charge < -0.3 is 4.74 Å². The summed E-state index contributed by atoms with van der Waals surface area (Å²) in [5.41, 5.74) is 1.15. The van der Waals surface area contributed by atoms with E-state index in [4.69, 9.17) is 4.74 Å². The minimum Gasteiger partial charge on any atom is -0.469 e. The van der Waals surface area contributed by atoms with Crippen LogP contribution in [0, 0.1) is 11.8 Å². The van der Waals surface area contributed by atoms with Crippen LogP contribution in [0.5, 0.6) is 0 Å². The zero-order chi connectivity index (χ0) is 9.54. The molecule has 14 heavy (non-hydrogen) atoms. The van der Waals surface area contributed by atoms with Crippen LogP contribution in [0.25, 0.3) is 0 Å². The highest BCUT2D eigenvalue weighted by atomic mass is 19.1. The molecule has 0 aromatic rings. The van der Waals surface area contributed by atoms with Gasteiger partial charge in [-0.2, -0.15) is 0 Å². The molecule has 3 aliphatic rings. The number of ether oxygens (including phenoxy) is 1. The molecule has 0 saturated carbocycles. The molecule has 0 saturated heterocycles. The molecule has 0 aromatic carbocycles. The zero-order valence-corrected chi connectivity index (χ0v) is 7.48. The van der Waals surface area contributed by atoms with E-state index in [2.05, 4.69) is 0 Å². The molecule has 2 atom stereocenters. The van der Waals surface area contributed by atoms with E-state index in [9.17, 15) is 4.39 Å². The number of halogens is 1. The molecule has 3 rings (SSSR count). The van der Waals surface area contributed by atoms with Crippen LogP contribution < -0.4 is 0 Å². The molecule has 0 N–H and O–H groups in total. The Labute approximate surface area is 81.6 Å². The highest BCUT2D eigenvalue weighted by molar-refractivity contribution is 5.44. The highest BCUT2D eigenvalue weighted by Crippen LogP contribution is 2.40. The fourth-order valence-corrected chi connectivity index (χ4v) is 2.09. The van der Waals surface area contributed by atoms with E-state index < -0.39 is 0 Å². The van der Waals surface area contributed by atoms with E-state index in [1.54, 1.807) is 12.3 Å². The van der Waals surface area contributed by atoms with Gasteiger partial charge in [-0.1, -0.05) is 12.2 Å². The average Bonchev–Trinajstić information content (AvgIpc) is 2.65. The summed E-state index contributed by atoms with van der Waals surface area (Å²) in [5.74, 6) is 1.05. The summed E-state index contributed by atoms with van der Waals surface area (Å²) in [7, 11) is 0. The van der Waals surface area contributed by atoms with E-state index in [1.165, 1.54) is 6.08 Å². The Morgan fingerprint density at radius 3 is 3.00 bits per heavy atom. The molecule has 1 nitrogen and oxygen atoms in total. The number of hydrogen-bond donors (Lipinski definition) is 0. The Balaban J connectivity index is 2.06. The van der Waals surface area contributed by atoms with Gasteiger partial charge in [0.15, 0.2) is 0 Å². The molecule has 70 valence electrons. The van der Waals surface area contributed by atoms with Crippen LogP contribution in [0.1, 0.15) is 0 Å². The van der Waals surface area contributed by atoms with E-state index in [0.717, 1.165) is 11.3 Å². The van der Waals surface area contributed by atoms with Crippen LogP contribution in [0.4, 0.5) is 4.39 Å². The maximum absolute atomic E-state index is 13.1. The molecule has 0 amide bonds. The summed E-state index contributed by atoms with van der Waals surface area (Å²) in [4.78, 5) is 0. The van der Waals surface area contributed by atoms with E-state index in [1.807, 2.05) is 24.3 Å². The van der Waals surface area contributed by atoms with Gasteiger partial charge in [-0.25, -0.2) is 4.39 Å². The summed E-state index contributed by atoms with van der Waals surface area (Å²) in [6.07, 6.45) is 12.6. The molecule has 0 fully saturated rings. The highest BCUT2D eigenvalue weighted by Gasteiger charge is 2.31. The van der Waals surface area contributed by atoms with Gasteiger partial charge in [-0.05, 0) is 29.9 Å². The zero-order valence-electron chi connectivity index (χ0n) is 7.48. The molecule has 0 aromatic heterocycles. The van der Waals surface area contributed by atoms with Crippen molar-refractivity contribution in [1.29, 1.82) is 0 Å². The first-order valence-electron chi connectivity index (χ1n) is 4.65. The molecule has 2 aliphatic carbocycles. The maximum Gasteiger partial charge on any atom is 0.119 e. The monoisotopic (exact) mass is 188 g/mol. The molecule has 1 aliphatic heterocycles. The summed E-state index contributed by atoms with van der Waals surface area (Å²) in [6.45, 7) is 0. The van der Waals surface area contributed by atoms with Crippen LogP contribution in [0.3, 0.4) is 0 Å². The van der Waals surface area contributed by atoms with Gasteiger partial charge in [0, 0.05) is 11.8 Å². The van der Waals surface area contributed by atoms with Gasteiger partial charge in [0.1, 0.15) is 11.6 Å². The van der Waals surface area contributed by atoms with E-state index >= 15 is 0 Å². The first-order chi connectivity index (χ1) is 6.84. The molecule has 1 heterocycles. The fourth-order valence-electron chi connectivity index (χ4n) is 2.09. The molecule has 0 spiro atoms. The second-order valence-corrected chi connectivity index (χ2v) is 3.62. The molecule has 0 bridgehead atoms. The summed E-state index contributed by atoms with van der Waals surface area (Å²) in [5, 5.41) is 0.